The Bertz CT molecular complexity index is 760. The highest BCUT2D eigenvalue weighted by Crippen LogP contribution is 2.26. The first-order chi connectivity index (χ1) is 12.0. The number of nitro groups is 1. The standard InChI is InChI=1S/C17H17ClN2O4S/c18-15-6-5-12(9-16(15)20(22)23)17(21)19(10-13-3-1-7-24-13)11-14-4-2-8-25-14/h2,4-6,8-9,13H,1,3,7,10-11H2/t13-/m0/s1. The van der Waals surface area contributed by atoms with Gasteiger partial charge in [0.1, 0.15) is 5.02 Å². The zero-order valence-corrected chi connectivity index (χ0v) is 15.0. The lowest BCUT2D eigenvalue weighted by molar-refractivity contribution is -0.384. The third-order valence-corrected chi connectivity index (χ3v) is 5.23. The Hall–Kier alpha value is -1.96. The van der Waals surface area contributed by atoms with Gasteiger partial charge in [-0.25, -0.2) is 0 Å². The second-order valence-corrected chi connectivity index (χ2v) is 7.26. The molecule has 0 bridgehead atoms. The van der Waals surface area contributed by atoms with Crippen molar-refractivity contribution in [1.82, 2.24) is 4.90 Å². The molecule has 6 nitrogen and oxygen atoms in total. The minimum atomic E-state index is -0.581. The minimum Gasteiger partial charge on any atom is -0.376 e. The Morgan fingerprint density at radius 1 is 1.44 bits per heavy atom. The fourth-order valence-electron chi connectivity index (χ4n) is 2.81. The second-order valence-electron chi connectivity index (χ2n) is 5.82. The van der Waals surface area contributed by atoms with Gasteiger partial charge in [-0.1, -0.05) is 17.7 Å². The molecule has 2 aromatic rings. The van der Waals surface area contributed by atoms with Crippen LogP contribution < -0.4 is 0 Å². The van der Waals surface area contributed by atoms with Crippen molar-refractivity contribution in [3.05, 3.63) is 61.3 Å². The molecular weight excluding hydrogens is 364 g/mol. The maximum atomic E-state index is 13.0. The lowest BCUT2D eigenvalue weighted by Crippen LogP contribution is -2.36. The number of rotatable bonds is 6. The van der Waals surface area contributed by atoms with Crippen LogP contribution in [0.1, 0.15) is 28.1 Å². The first-order valence-corrected chi connectivity index (χ1v) is 9.17. The summed E-state index contributed by atoms with van der Waals surface area (Å²) in [6.07, 6.45) is 1.90. The van der Waals surface area contributed by atoms with Crippen molar-refractivity contribution < 1.29 is 14.5 Å². The smallest absolute Gasteiger partial charge is 0.288 e. The molecule has 0 N–H and O–H groups in total. The first-order valence-electron chi connectivity index (χ1n) is 7.92. The summed E-state index contributed by atoms with van der Waals surface area (Å²) in [4.78, 5) is 26.2. The Morgan fingerprint density at radius 2 is 2.28 bits per heavy atom. The van der Waals surface area contributed by atoms with E-state index >= 15 is 0 Å². The van der Waals surface area contributed by atoms with Gasteiger partial charge in [-0.3, -0.25) is 14.9 Å². The summed E-state index contributed by atoms with van der Waals surface area (Å²) in [7, 11) is 0. The SMILES string of the molecule is O=C(c1ccc(Cl)c([N+](=O)[O-])c1)N(Cc1cccs1)C[C@@H]1CCCO1. The quantitative estimate of drug-likeness (QED) is 0.558. The Morgan fingerprint density at radius 3 is 2.92 bits per heavy atom. The molecule has 0 spiro atoms. The maximum absolute atomic E-state index is 13.0. The molecule has 132 valence electrons. The first kappa shape index (κ1) is 17.8. The summed E-state index contributed by atoms with van der Waals surface area (Å²) < 4.78 is 5.65. The van der Waals surface area contributed by atoms with Gasteiger partial charge in [0.25, 0.3) is 11.6 Å². The minimum absolute atomic E-state index is 0.00574. The van der Waals surface area contributed by atoms with E-state index in [1.165, 1.54) is 18.2 Å². The number of ether oxygens (including phenoxy) is 1. The number of nitro benzene ring substituents is 1. The van der Waals surface area contributed by atoms with E-state index < -0.39 is 4.92 Å². The van der Waals surface area contributed by atoms with Gasteiger partial charge in [-0.2, -0.15) is 0 Å². The van der Waals surface area contributed by atoms with Crippen LogP contribution in [0.2, 0.25) is 5.02 Å². The van der Waals surface area contributed by atoms with Crippen LogP contribution in [0.3, 0.4) is 0 Å². The van der Waals surface area contributed by atoms with Gasteiger partial charge in [0.2, 0.25) is 0 Å². The summed E-state index contributed by atoms with van der Waals surface area (Å²) in [6, 6.07) is 8.05. The molecule has 1 saturated heterocycles. The monoisotopic (exact) mass is 380 g/mol. The highest BCUT2D eigenvalue weighted by molar-refractivity contribution is 7.09. The zero-order chi connectivity index (χ0) is 17.8. The van der Waals surface area contributed by atoms with E-state index in [4.69, 9.17) is 16.3 Å². The van der Waals surface area contributed by atoms with Crippen molar-refractivity contribution in [2.45, 2.75) is 25.5 Å². The predicted octanol–water partition coefficient (Wildman–Crippen LogP) is 4.13. The van der Waals surface area contributed by atoms with Gasteiger partial charge in [-0.05, 0) is 36.4 Å². The number of carbonyl (C=O) groups excluding carboxylic acids is 1. The van der Waals surface area contributed by atoms with Gasteiger partial charge in [0, 0.05) is 29.7 Å². The van der Waals surface area contributed by atoms with Gasteiger partial charge in [0.15, 0.2) is 0 Å². The van der Waals surface area contributed by atoms with Gasteiger partial charge in [-0.15, -0.1) is 11.3 Å². The summed E-state index contributed by atoms with van der Waals surface area (Å²) in [5.41, 5.74) is -0.00800. The Balaban J connectivity index is 1.84. The number of nitrogens with zero attached hydrogens (tertiary/aromatic N) is 2. The fourth-order valence-corrected chi connectivity index (χ4v) is 3.72. The van der Waals surface area contributed by atoms with Crippen molar-refractivity contribution >= 4 is 34.5 Å². The average molecular weight is 381 g/mol. The van der Waals surface area contributed by atoms with E-state index in [-0.39, 0.29) is 28.3 Å². The molecule has 25 heavy (non-hydrogen) atoms. The van der Waals surface area contributed by atoms with Crippen molar-refractivity contribution in [2.75, 3.05) is 13.2 Å². The van der Waals surface area contributed by atoms with Crippen LogP contribution in [0.4, 0.5) is 5.69 Å². The molecule has 0 saturated carbocycles. The molecule has 8 heteroatoms. The Labute approximate surface area is 154 Å². The molecule has 1 fully saturated rings. The molecule has 0 radical (unpaired) electrons. The number of halogens is 1. The van der Waals surface area contributed by atoms with Crippen molar-refractivity contribution in [1.29, 1.82) is 0 Å². The van der Waals surface area contributed by atoms with E-state index in [1.807, 2.05) is 17.5 Å². The van der Waals surface area contributed by atoms with Crippen LogP contribution in [0.25, 0.3) is 0 Å². The number of amides is 1. The van der Waals surface area contributed by atoms with Gasteiger partial charge in [0.05, 0.1) is 17.6 Å². The van der Waals surface area contributed by atoms with Crippen LogP contribution in [0.15, 0.2) is 35.7 Å². The molecule has 1 amide bonds. The summed E-state index contributed by atoms with van der Waals surface area (Å²) in [5, 5.41) is 13.1. The van der Waals surface area contributed by atoms with E-state index in [2.05, 4.69) is 0 Å². The molecule has 2 heterocycles. The molecule has 1 aliphatic rings. The fraction of sp³-hybridized carbons (Fsp3) is 0.353. The number of hydrogen-bond acceptors (Lipinski definition) is 5. The van der Waals surface area contributed by atoms with Crippen molar-refractivity contribution in [3.63, 3.8) is 0 Å². The maximum Gasteiger partial charge on any atom is 0.288 e. The highest BCUT2D eigenvalue weighted by Gasteiger charge is 2.25. The summed E-state index contributed by atoms with van der Waals surface area (Å²) in [6.45, 7) is 1.62. The lowest BCUT2D eigenvalue weighted by Gasteiger charge is -2.25. The van der Waals surface area contributed by atoms with Crippen molar-refractivity contribution in [3.8, 4) is 0 Å². The number of hydrogen-bond donors (Lipinski definition) is 0. The molecule has 1 atom stereocenters. The van der Waals surface area contributed by atoms with Crippen LogP contribution in [-0.2, 0) is 11.3 Å². The third-order valence-electron chi connectivity index (χ3n) is 4.05. The third kappa shape index (κ3) is 4.36. The van der Waals surface area contributed by atoms with Crippen molar-refractivity contribution in [2.24, 2.45) is 0 Å². The van der Waals surface area contributed by atoms with Crippen LogP contribution >= 0.6 is 22.9 Å². The summed E-state index contributed by atoms with van der Waals surface area (Å²) >= 11 is 7.41. The van der Waals surface area contributed by atoms with Gasteiger partial charge >= 0.3 is 0 Å². The summed E-state index contributed by atoms with van der Waals surface area (Å²) in [5.74, 6) is -0.260. The molecule has 1 aromatic carbocycles. The molecule has 1 aromatic heterocycles. The number of carbonyl (C=O) groups is 1. The molecule has 0 unspecified atom stereocenters. The molecular formula is C17H17ClN2O4S. The van der Waals surface area contributed by atoms with Gasteiger partial charge < -0.3 is 9.64 Å². The van der Waals surface area contributed by atoms with E-state index in [9.17, 15) is 14.9 Å². The average Bonchev–Trinajstić information content (AvgIpc) is 3.27. The number of benzene rings is 1. The van der Waals surface area contributed by atoms with Crippen LogP contribution in [0.5, 0.6) is 0 Å². The molecule has 0 aliphatic carbocycles. The largest absolute Gasteiger partial charge is 0.376 e. The van der Waals surface area contributed by atoms with E-state index in [0.717, 1.165) is 17.7 Å². The Kier molecular flexibility index (Phi) is 5.67. The zero-order valence-electron chi connectivity index (χ0n) is 13.4. The second kappa shape index (κ2) is 7.95. The topological polar surface area (TPSA) is 72.7 Å². The highest BCUT2D eigenvalue weighted by atomic mass is 35.5. The molecule has 3 rings (SSSR count). The lowest BCUT2D eigenvalue weighted by atomic mass is 10.1. The number of thiophene rings is 1. The molecule has 1 aliphatic heterocycles. The van der Waals surface area contributed by atoms with E-state index in [1.54, 1.807) is 16.2 Å². The van der Waals surface area contributed by atoms with Crippen LogP contribution in [0, 0.1) is 10.1 Å². The predicted molar refractivity (Wildman–Crippen MR) is 96.1 cm³/mol. The normalized spacial score (nSPS) is 16.8. The van der Waals surface area contributed by atoms with Crippen LogP contribution in [-0.4, -0.2) is 35.0 Å². The van der Waals surface area contributed by atoms with E-state index in [0.29, 0.717) is 19.7 Å².